The van der Waals surface area contributed by atoms with E-state index < -0.39 is 17.7 Å². The Morgan fingerprint density at radius 1 is 1.07 bits per heavy atom. The van der Waals surface area contributed by atoms with Gasteiger partial charge in [0.25, 0.3) is 5.91 Å². The fourth-order valence-electron chi connectivity index (χ4n) is 5.86. The summed E-state index contributed by atoms with van der Waals surface area (Å²) < 4.78 is 0. The van der Waals surface area contributed by atoms with Gasteiger partial charge in [-0.05, 0) is 65.1 Å². The Bertz CT molecular complexity index is 1540. The molecular weight excluding hydrogens is 554 g/mol. The van der Waals surface area contributed by atoms with Crippen molar-refractivity contribution in [1.82, 2.24) is 15.4 Å². The lowest BCUT2D eigenvalue weighted by Gasteiger charge is -2.34. The van der Waals surface area contributed by atoms with E-state index in [1.165, 1.54) is 21.6 Å². The van der Waals surface area contributed by atoms with Crippen LogP contribution in [0, 0.1) is 10.8 Å². The molecule has 1 aliphatic rings. The van der Waals surface area contributed by atoms with E-state index in [0.717, 1.165) is 42.2 Å². The molecule has 1 aromatic heterocycles. The number of aromatic amines is 1. The third-order valence-electron chi connectivity index (χ3n) is 8.39. The zero-order valence-electron chi connectivity index (χ0n) is 26.3. The van der Waals surface area contributed by atoms with Gasteiger partial charge in [0.05, 0.1) is 25.1 Å². The maximum atomic E-state index is 13.7. The molecule has 9 nitrogen and oxygen atoms in total. The predicted octanol–water partition coefficient (Wildman–Crippen LogP) is 5.66. The third kappa shape index (κ3) is 7.08. The van der Waals surface area contributed by atoms with E-state index in [1.807, 2.05) is 43.5 Å². The van der Waals surface area contributed by atoms with Crippen LogP contribution in [-0.4, -0.2) is 53.0 Å². The first-order chi connectivity index (χ1) is 21.1. The predicted molar refractivity (Wildman–Crippen MR) is 176 cm³/mol. The number of hydroxylamine groups is 2. The molecule has 3 atom stereocenters. The number of fused-ring (bicyclic) bond motifs is 1. The van der Waals surface area contributed by atoms with E-state index in [1.54, 1.807) is 0 Å². The van der Waals surface area contributed by atoms with Crippen molar-refractivity contribution in [1.29, 1.82) is 0 Å². The van der Waals surface area contributed by atoms with Gasteiger partial charge in [0.15, 0.2) is 5.66 Å². The molecule has 3 aromatic carbocycles. The number of aliphatic hydroxyl groups is 1. The Hall–Kier alpha value is -3.89. The number of hydrogen-bond donors (Lipinski definition) is 4. The molecule has 0 aliphatic carbocycles. The number of rotatable bonds is 10. The molecule has 0 spiro atoms. The molecule has 1 fully saturated rings. The fourth-order valence-corrected chi connectivity index (χ4v) is 5.86. The van der Waals surface area contributed by atoms with Crippen LogP contribution in [0.4, 0.5) is 0 Å². The molecule has 9 heteroatoms. The van der Waals surface area contributed by atoms with Crippen LogP contribution in [0.5, 0.6) is 0 Å². The number of aromatic nitrogens is 1. The van der Waals surface area contributed by atoms with Crippen LogP contribution in [0.1, 0.15) is 50.8 Å². The second-order valence-corrected chi connectivity index (χ2v) is 12.3. The number of aliphatic hydroxyl groups excluding tert-OH is 1. The highest BCUT2D eigenvalue weighted by Gasteiger charge is 2.56. The zero-order chi connectivity index (χ0) is 31.9. The molecule has 1 aliphatic heterocycles. The lowest BCUT2D eigenvalue weighted by atomic mass is 9.86. The van der Waals surface area contributed by atoms with Crippen LogP contribution >= 0.6 is 0 Å². The van der Waals surface area contributed by atoms with Crippen molar-refractivity contribution >= 4 is 16.8 Å². The number of nitrogens with two attached hydrogens (primary N) is 1. The molecule has 5 N–H and O–H groups in total. The van der Waals surface area contributed by atoms with Crippen molar-refractivity contribution in [3.05, 3.63) is 101 Å². The van der Waals surface area contributed by atoms with Gasteiger partial charge in [0.2, 0.25) is 0 Å². The molecule has 1 saturated heterocycles. The summed E-state index contributed by atoms with van der Waals surface area (Å²) in [6.45, 7) is 9.05. The monoisotopic (exact) mass is 599 g/mol. The van der Waals surface area contributed by atoms with Gasteiger partial charge < -0.3 is 21.1 Å². The summed E-state index contributed by atoms with van der Waals surface area (Å²) in [5, 5.41) is 15.8. The molecule has 0 bridgehead atoms. The first kappa shape index (κ1) is 33.0. The molecule has 4 aromatic rings. The van der Waals surface area contributed by atoms with E-state index in [2.05, 4.69) is 78.7 Å². The van der Waals surface area contributed by atoms with Gasteiger partial charge in [-0.3, -0.25) is 9.63 Å². The molecule has 1 unspecified atom stereocenters. The maximum absolute atomic E-state index is 13.7. The highest BCUT2D eigenvalue weighted by Crippen LogP contribution is 2.36. The first-order valence-corrected chi connectivity index (χ1v) is 15.1. The van der Waals surface area contributed by atoms with Crippen molar-refractivity contribution in [3.8, 4) is 11.1 Å². The van der Waals surface area contributed by atoms with Crippen LogP contribution in [0.2, 0.25) is 0 Å². The molecule has 5 rings (SSSR count). The van der Waals surface area contributed by atoms with Crippen LogP contribution in [0.25, 0.3) is 22.0 Å². The van der Waals surface area contributed by atoms with E-state index >= 15 is 0 Å². The SMILES string of the molecule is CC1ON(Cc2cccc(-c3ccc(C(C)(C)C)cc3)c2)[C@](N)(C(=O)NCCCc2c[nH]c3ccccc23)[C@@H]1CN=O.CO. The Morgan fingerprint density at radius 2 is 1.80 bits per heavy atom. The Balaban J connectivity index is 0.00000216. The molecule has 0 radical (unpaired) electrons. The average molecular weight is 600 g/mol. The van der Waals surface area contributed by atoms with Crippen molar-refractivity contribution in [2.24, 2.45) is 16.8 Å². The highest BCUT2D eigenvalue weighted by atomic mass is 16.7. The maximum Gasteiger partial charge on any atom is 0.257 e. The summed E-state index contributed by atoms with van der Waals surface area (Å²) in [7, 11) is 1.00. The summed E-state index contributed by atoms with van der Waals surface area (Å²) in [6.07, 6.45) is 3.12. The number of nitrogens with zero attached hydrogens (tertiary/aromatic N) is 2. The molecule has 0 saturated carbocycles. The van der Waals surface area contributed by atoms with E-state index in [-0.39, 0.29) is 24.4 Å². The van der Waals surface area contributed by atoms with Gasteiger partial charge in [-0.2, -0.15) is 9.97 Å². The van der Waals surface area contributed by atoms with E-state index in [0.29, 0.717) is 6.54 Å². The largest absolute Gasteiger partial charge is 0.400 e. The summed E-state index contributed by atoms with van der Waals surface area (Å²) in [4.78, 5) is 34.4. The number of benzene rings is 3. The average Bonchev–Trinajstić information content (AvgIpc) is 3.54. The fraction of sp³-hybridized carbons (Fsp3) is 0.400. The molecule has 2 heterocycles. The number of carbonyl (C=O) groups is 1. The Kier molecular flexibility index (Phi) is 10.7. The summed E-state index contributed by atoms with van der Waals surface area (Å²) >= 11 is 0. The van der Waals surface area contributed by atoms with Gasteiger partial charge in [0.1, 0.15) is 0 Å². The number of H-pyrrole nitrogens is 1. The first-order valence-electron chi connectivity index (χ1n) is 15.1. The van der Waals surface area contributed by atoms with Crippen molar-refractivity contribution in [2.75, 3.05) is 20.2 Å². The minimum Gasteiger partial charge on any atom is -0.400 e. The molecule has 44 heavy (non-hydrogen) atoms. The number of nitroso groups, excluding NO2 is 1. The van der Waals surface area contributed by atoms with Crippen LogP contribution in [0.15, 0.2) is 84.2 Å². The van der Waals surface area contributed by atoms with E-state index in [4.69, 9.17) is 15.7 Å². The number of amides is 1. The summed E-state index contributed by atoms with van der Waals surface area (Å²) in [6, 6.07) is 24.9. The van der Waals surface area contributed by atoms with Gasteiger partial charge in [-0.25, -0.2) is 0 Å². The molecule has 234 valence electrons. The topological polar surface area (TPSA) is 133 Å². The third-order valence-corrected chi connectivity index (χ3v) is 8.39. The minimum absolute atomic E-state index is 0.0819. The molecule has 1 amide bonds. The number of carbonyl (C=O) groups excluding carboxylic acids is 1. The van der Waals surface area contributed by atoms with Crippen LogP contribution in [0.3, 0.4) is 0 Å². The lowest BCUT2D eigenvalue weighted by molar-refractivity contribution is -0.194. The van der Waals surface area contributed by atoms with Crippen LogP contribution < -0.4 is 11.1 Å². The van der Waals surface area contributed by atoms with Gasteiger partial charge in [0, 0.05) is 30.8 Å². The minimum atomic E-state index is -1.54. The Morgan fingerprint density at radius 3 is 2.50 bits per heavy atom. The quantitative estimate of drug-likeness (QED) is 0.137. The van der Waals surface area contributed by atoms with Gasteiger partial charge >= 0.3 is 0 Å². The summed E-state index contributed by atoms with van der Waals surface area (Å²) in [5.41, 5.74) is 12.1. The number of aryl methyl sites for hydroxylation is 1. The van der Waals surface area contributed by atoms with Crippen LogP contribution in [-0.2, 0) is 28.0 Å². The van der Waals surface area contributed by atoms with E-state index in [9.17, 15) is 9.70 Å². The number of hydrogen-bond acceptors (Lipinski definition) is 7. The van der Waals surface area contributed by atoms with Crippen molar-refractivity contribution < 1.29 is 14.7 Å². The van der Waals surface area contributed by atoms with Gasteiger partial charge in [-0.15, -0.1) is 0 Å². The second kappa shape index (κ2) is 14.3. The zero-order valence-corrected chi connectivity index (χ0v) is 26.3. The smallest absolute Gasteiger partial charge is 0.257 e. The number of nitrogens with one attached hydrogen (secondary N) is 2. The number of para-hydroxylation sites is 1. The standard InChI is InChI=1S/C34H41N5O3.CH4O/c1-23-30(21-38-41)34(35,32(40)36-18-8-11-27-20-37-31-13-6-5-12-29(27)31)39(42-23)22-24-9-7-10-26(19-24)25-14-16-28(17-15-25)33(2,3)4;1-2/h5-7,9-10,12-17,19-20,23,30,37H,8,11,18,21-22,35H2,1-4H3,(H,36,40);2H,1H3/t23?,30-,34+;/m1./s1. The summed E-state index contributed by atoms with van der Waals surface area (Å²) in [5.74, 6) is -0.954. The highest BCUT2D eigenvalue weighted by molar-refractivity contribution is 5.86. The molecular formula is C35H45N5O4. The lowest BCUT2D eigenvalue weighted by Crippen LogP contribution is -2.65. The normalized spacial score (nSPS) is 20.2. The van der Waals surface area contributed by atoms with Crippen molar-refractivity contribution in [3.63, 3.8) is 0 Å². The van der Waals surface area contributed by atoms with Crippen molar-refractivity contribution in [2.45, 2.75) is 64.3 Å². The second-order valence-electron chi connectivity index (χ2n) is 12.3. The Labute approximate surface area is 259 Å². The van der Waals surface area contributed by atoms with Gasteiger partial charge in [-0.1, -0.05) is 86.6 Å².